The van der Waals surface area contributed by atoms with Crippen molar-refractivity contribution in [3.63, 3.8) is 0 Å². The summed E-state index contributed by atoms with van der Waals surface area (Å²) in [4.78, 5) is 12.0. The smallest absolute Gasteiger partial charge is 0.264 e. The summed E-state index contributed by atoms with van der Waals surface area (Å²) >= 11 is 8.77. The molecule has 8 heteroatoms. The third-order valence-corrected chi connectivity index (χ3v) is 5.68. The van der Waals surface area contributed by atoms with Crippen molar-refractivity contribution in [3.8, 4) is 5.75 Å². The third kappa shape index (κ3) is 5.45. The molecule has 1 N–H and O–H groups in total. The predicted molar refractivity (Wildman–Crippen MR) is 106 cm³/mol. The normalized spacial score (nSPS) is 10.5. The summed E-state index contributed by atoms with van der Waals surface area (Å²) in [6, 6.07) is 15.2. The van der Waals surface area contributed by atoms with E-state index in [0.29, 0.717) is 15.9 Å². The first-order valence-corrected chi connectivity index (χ1v) is 9.97. The number of anilines is 1. The summed E-state index contributed by atoms with van der Waals surface area (Å²) in [7, 11) is 0. The number of hydrogen-bond donors (Lipinski definition) is 1. The lowest BCUT2D eigenvalue weighted by Gasteiger charge is -2.07. The van der Waals surface area contributed by atoms with Gasteiger partial charge in [-0.2, -0.15) is 0 Å². The Morgan fingerprint density at radius 3 is 2.73 bits per heavy atom. The molecule has 5 nitrogen and oxygen atoms in total. The Morgan fingerprint density at radius 1 is 1.19 bits per heavy atom. The van der Waals surface area contributed by atoms with Crippen molar-refractivity contribution in [2.24, 2.45) is 0 Å². The topological polar surface area (TPSA) is 64.1 Å². The first kappa shape index (κ1) is 18.7. The lowest BCUT2D eigenvalue weighted by molar-refractivity contribution is -0.118. The second-order valence-electron chi connectivity index (χ2n) is 5.39. The van der Waals surface area contributed by atoms with Crippen LogP contribution in [0.1, 0.15) is 11.1 Å². The van der Waals surface area contributed by atoms with Gasteiger partial charge in [-0.1, -0.05) is 65.0 Å². The Hall–Kier alpha value is -2.09. The van der Waals surface area contributed by atoms with E-state index in [9.17, 15) is 4.79 Å². The minimum absolute atomic E-state index is 0.0717. The Labute approximate surface area is 164 Å². The molecule has 2 aromatic carbocycles. The monoisotopic (exact) mass is 405 g/mol. The van der Waals surface area contributed by atoms with E-state index in [1.165, 1.54) is 11.3 Å². The molecule has 1 heterocycles. The van der Waals surface area contributed by atoms with E-state index >= 15 is 0 Å². The Kier molecular flexibility index (Phi) is 6.49. The number of aryl methyl sites for hydroxylation is 1. The molecule has 0 unspecified atom stereocenters. The number of amides is 1. The van der Waals surface area contributed by atoms with Crippen LogP contribution >= 0.6 is 34.7 Å². The molecule has 0 bridgehead atoms. The third-order valence-electron chi connectivity index (χ3n) is 3.38. The number of carbonyl (C=O) groups excluding carboxylic acids is 1. The van der Waals surface area contributed by atoms with Crippen molar-refractivity contribution in [1.82, 2.24) is 10.2 Å². The lowest BCUT2D eigenvalue weighted by Crippen LogP contribution is -2.20. The van der Waals surface area contributed by atoms with Gasteiger partial charge in [0, 0.05) is 10.8 Å². The lowest BCUT2D eigenvalue weighted by atomic mass is 10.2. The van der Waals surface area contributed by atoms with Gasteiger partial charge in [0.1, 0.15) is 5.75 Å². The number of aromatic nitrogens is 2. The van der Waals surface area contributed by atoms with Gasteiger partial charge in [0.15, 0.2) is 10.9 Å². The van der Waals surface area contributed by atoms with Gasteiger partial charge in [-0.05, 0) is 36.2 Å². The van der Waals surface area contributed by atoms with E-state index in [-0.39, 0.29) is 12.5 Å². The van der Waals surface area contributed by atoms with Crippen LogP contribution < -0.4 is 10.1 Å². The second kappa shape index (κ2) is 9.02. The molecular weight excluding hydrogens is 390 g/mol. The molecule has 0 fully saturated rings. The Bertz CT molecular complexity index is 884. The minimum atomic E-state index is -0.265. The molecular formula is C18H16ClN3O2S2. The number of hydrogen-bond acceptors (Lipinski definition) is 6. The number of halogens is 1. The standard InChI is InChI=1S/C18H16ClN3O2S2/c1-12-4-2-3-5-15(12)24-10-16(23)20-17-21-22-18(26-17)25-11-13-6-8-14(19)9-7-13/h2-9H,10-11H2,1H3,(H,20,21,23). The highest BCUT2D eigenvalue weighted by molar-refractivity contribution is 8.00. The summed E-state index contributed by atoms with van der Waals surface area (Å²) in [5, 5.41) is 12.0. The maximum atomic E-state index is 12.0. The van der Waals surface area contributed by atoms with Gasteiger partial charge in [0.2, 0.25) is 5.13 Å². The van der Waals surface area contributed by atoms with Gasteiger partial charge in [0.25, 0.3) is 5.91 Å². The summed E-state index contributed by atoms with van der Waals surface area (Å²) in [5.41, 5.74) is 2.13. The van der Waals surface area contributed by atoms with E-state index in [0.717, 1.165) is 21.2 Å². The molecule has 0 saturated carbocycles. The fourth-order valence-electron chi connectivity index (χ4n) is 2.06. The van der Waals surface area contributed by atoms with Crippen LogP contribution in [-0.2, 0) is 10.5 Å². The molecule has 1 aromatic heterocycles. The highest BCUT2D eigenvalue weighted by Gasteiger charge is 2.10. The number of carbonyl (C=O) groups is 1. The molecule has 0 atom stereocenters. The molecule has 134 valence electrons. The second-order valence-corrected chi connectivity index (χ2v) is 8.03. The SMILES string of the molecule is Cc1ccccc1OCC(=O)Nc1nnc(SCc2ccc(Cl)cc2)s1. The molecule has 3 rings (SSSR count). The number of ether oxygens (including phenoxy) is 1. The van der Waals surface area contributed by atoms with Crippen molar-refractivity contribution in [2.75, 3.05) is 11.9 Å². The maximum Gasteiger partial charge on any atom is 0.264 e. The van der Waals surface area contributed by atoms with Crippen molar-refractivity contribution < 1.29 is 9.53 Å². The summed E-state index contributed by atoms with van der Waals surface area (Å²) in [6.45, 7) is 1.86. The average molecular weight is 406 g/mol. The van der Waals surface area contributed by atoms with Crippen LogP contribution in [0.2, 0.25) is 5.02 Å². The fraction of sp³-hybridized carbons (Fsp3) is 0.167. The zero-order valence-electron chi connectivity index (χ0n) is 13.9. The van der Waals surface area contributed by atoms with E-state index in [4.69, 9.17) is 16.3 Å². The van der Waals surface area contributed by atoms with Crippen molar-refractivity contribution >= 4 is 45.7 Å². The zero-order valence-corrected chi connectivity index (χ0v) is 16.3. The van der Waals surface area contributed by atoms with E-state index < -0.39 is 0 Å². The summed E-state index contributed by atoms with van der Waals surface area (Å²) < 4.78 is 6.31. The zero-order chi connectivity index (χ0) is 18.4. The van der Waals surface area contributed by atoms with Crippen LogP contribution in [0.4, 0.5) is 5.13 Å². The van der Waals surface area contributed by atoms with Crippen LogP contribution in [0.3, 0.4) is 0 Å². The number of rotatable bonds is 7. The number of nitrogens with one attached hydrogen (secondary N) is 1. The van der Waals surface area contributed by atoms with Crippen molar-refractivity contribution in [2.45, 2.75) is 17.0 Å². The molecule has 0 spiro atoms. The molecule has 26 heavy (non-hydrogen) atoms. The van der Waals surface area contributed by atoms with Crippen molar-refractivity contribution in [1.29, 1.82) is 0 Å². The fourth-order valence-corrected chi connectivity index (χ4v) is 3.91. The maximum absolute atomic E-state index is 12.0. The number of thioether (sulfide) groups is 1. The Balaban J connectivity index is 1.47. The predicted octanol–water partition coefficient (Wildman–Crippen LogP) is 4.81. The number of para-hydroxylation sites is 1. The van der Waals surface area contributed by atoms with E-state index in [1.807, 2.05) is 55.5 Å². The largest absolute Gasteiger partial charge is 0.483 e. The van der Waals surface area contributed by atoms with Crippen LogP contribution in [0.15, 0.2) is 52.9 Å². The van der Waals surface area contributed by atoms with Gasteiger partial charge < -0.3 is 4.74 Å². The number of benzene rings is 2. The van der Waals surface area contributed by atoms with Gasteiger partial charge in [-0.15, -0.1) is 10.2 Å². The first-order chi connectivity index (χ1) is 12.6. The van der Waals surface area contributed by atoms with Crippen LogP contribution in [0.25, 0.3) is 0 Å². The molecule has 0 aliphatic rings. The number of nitrogens with zero attached hydrogens (tertiary/aromatic N) is 2. The minimum Gasteiger partial charge on any atom is -0.483 e. The highest BCUT2D eigenvalue weighted by Crippen LogP contribution is 2.28. The first-order valence-electron chi connectivity index (χ1n) is 7.79. The molecule has 1 amide bonds. The quantitative estimate of drug-likeness (QED) is 0.451. The van der Waals surface area contributed by atoms with Crippen LogP contribution in [0, 0.1) is 6.92 Å². The molecule has 0 aliphatic carbocycles. The molecule has 0 radical (unpaired) electrons. The van der Waals surface area contributed by atoms with E-state index in [1.54, 1.807) is 11.8 Å². The highest BCUT2D eigenvalue weighted by atomic mass is 35.5. The van der Waals surface area contributed by atoms with Gasteiger partial charge >= 0.3 is 0 Å². The van der Waals surface area contributed by atoms with Gasteiger partial charge in [0.05, 0.1) is 0 Å². The summed E-state index contributed by atoms with van der Waals surface area (Å²) in [5.74, 6) is 1.19. The molecule has 0 aliphatic heterocycles. The van der Waals surface area contributed by atoms with Gasteiger partial charge in [-0.3, -0.25) is 10.1 Å². The van der Waals surface area contributed by atoms with Crippen LogP contribution in [0.5, 0.6) is 5.75 Å². The van der Waals surface area contributed by atoms with Crippen molar-refractivity contribution in [3.05, 3.63) is 64.7 Å². The molecule has 3 aromatic rings. The van der Waals surface area contributed by atoms with Gasteiger partial charge in [-0.25, -0.2) is 0 Å². The van der Waals surface area contributed by atoms with E-state index in [2.05, 4.69) is 15.5 Å². The average Bonchev–Trinajstić information content (AvgIpc) is 3.08. The molecule has 0 saturated heterocycles. The summed E-state index contributed by atoms with van der Waals surface area (Å²) in [6.07, 6.45) is 0. The van der Waals surface area contributed by atoms with Crippen LogP contribution in [-0.4, -0.2) is 22.7 Å². The Morgan fingerprint density at radius 2 is 1.96 bits per heavy atom.